The zero-order valence-corrected chi connectivity index (χ0v) is 49.7. The highest BCUT2D eigenvalue weighted by Crippen LogP contribution is 2.52. The number of aromatic nitrogens is 2. The van der Waals surface area contributed by atoms with Gasteiger partial charge >= 0.3 is 55.6 Å². The van der Waals surface area contributed by atoms with E-state index in [-0.39, 0.29) is 72.8 Å². The predicted molar refractivity (Wildman–Crippen MR) is 317 cm³/mol. The molecule has 0 spiro atoms. The van der Waals surface area contributed by atoms with Crippen LogP contribution in [0.25, 0.3) is 111 Å². The van der Waals surface area contributed by atoms with Crippen LogP contribution in [0.4, 0.5) is 119 Å². The maximum atomic E-state index is 16.1. The number of nitrogens with zero attached hydrogens (tertiary/aromatic N) is 4. The minimum atomic E-state index is -5.57. The van der Waals surface area contributed by atoms with Gasteiger partial charge in [0.25, 0.3) is 0 Å². The van der Waals surface area contributed by atoms with Gasteiger partial charge < -0.3 is 9.13 Å². The highest BCUT2D eigenvalue weighted by Gasteiger charge is 2.43. The van der Waals surface area contributed by atoms with Crippen molar-refractivity contribution in [2.24, 2.45) is 0 Å². The lowest BCUT2D eigenvalue weighted by Gasteiger charge is -2.24. The second kappa shape index (κ2) is 23.8. The second-order valence-electron chi connectivity index (χ2n) is 23.1. The number of benzene rings is 10. The molecule has 2 heterocycles. The normalized spacial score (nSPS) is 13.2. The molecule has 0 atom stereocenters. The standard InChI is InChI=1S/C71H29F27N4/c72-63(73,74)42-14-38(15-43(26-42)64(75,76)77)33-4-8-55-50(22-33)51-23-34(39-16-44(65(78,79)80)27-45(17-39)66(81,82)83)5-9-56(51)101(55)59-12-32(30-99)13-60(62(59)61-37(31-100)2-1-3-54(61)71(96,97)98)102-57-10-6-35(40-18-46(67(84,85)86)28-47(19-40)68(87,88)89)24-52(57)53-25-36(7-11-58(53)102)41-20-48(69(90,91)92)29-49(21-41)70(93,94)95/h1-29H. The summed E-state index contributed by atoms with van der Waals surface area (Å²) in [5.41, 5.74) is -28.6. The number of alkyl halides is 27. The highest BCUT2D eigenvalue weighted by atomic mass is 19.4. The molecular formula is C71H29F27N4. The van der Waals surface area contributed by atoms with E-state index in [2.05, 4.69) is 0 Å². The van der Waals surface area contributed by atoms with Gasteiger partial charge in [0, 0.05) is 32.7 Å². The van der Waals surface area contributed by atoms with Crippen molar-refractivity contribution in [2.75, 3.05) is 0 Å². The molecule has 2 aromatic heterocycles. The Morgan fingerprint density at radius 3 is 0.686 bits per heavy atom. The fourth-order valence-corrected chi connectivity index (χ4v) is 12.2. The van der Waals surface area contributed by atoms with Gasteiger partial charge in [0.05, 0.1) is 107 Å². The van der Waals surface area contributed by atoms with Crippen molar-refractivity contribution in [1.29, 1.82) is 10.5 Å². The van der Waals surface area contributed by atoms with Crippen molar-refractivity contribution in [3.05, 3.63) is 237 Å². The van der Waals surface area contributed by atoms with Gasteiger partial charge in [-0.05, 0) is 190 Å². The monoisotopic (exact) mass is 1450 g/mol. The molecule has 0 amide bonds. The van der Waals surface area contributed by atoms with Crippen LogP contribution in [0.3, 0.4) is 0 Å². The molecule has 12 rings (SSSR count). The van der Waals surface area contributed by atoms with Gasteiger partial charge in [-0.3, -0.25) is 0 Å². The Labute approximate surface area is 552 Å². The summed E-state index contributed by atoms with van der Waals surface area (Å²) in [5, 5.41) is 20.2. The summed E-state index contributed by atoms with van der Waals surface area (Å²) in [7, 11) is 0. The Bertz CT molecular complexity index is 4840. The maximum absolute atomic E-state index is 16.1. The number of fused-ring (bicyclic) bond motifs is 6. The van der Waals surface area contributed by atoms with E-state index in [4.69, 9.17) is 0 Å². The molecule has 31 heteroatoms. The van der Waals surface area contributed by atoms with Gasteiger partial charge in [0.2, 0.25) is 0 Å². The predicted octanol–water partition coefficient (Wildman–Crippen LogP) is 25.1. The van der Waals surface area contributed by atoms with Crippen LogP contribution < -0.4 is 0 Å². The third-order valence-electron chi connectivity index (χ3n) is 16.7. The molecule has 10 aromatic carbocycles. The molecule has 0 aliphatic carbocycles. The molecule has 0 N–H and O–H groups in total. The van der Waals surface area contributed by atoms with Gasteiger partial charge in [0.15, 0.2) is 0 Å². The summed E-state index contributed by atoms with van der Waals surface area (Å²) >= 11 is 0. The Balaban J connectivity index is 1.26. The zero-order valence-electron chi connectivity index (χ0n) is 49.7. The maximum Gasteiger partial charge on any atom is 0.417 e. The van der Waals surface area contributed by atoms with E-state index in [1.54, 1.807) is 12.1 Å². The number of hydrogen-bond acceptors (Lipinski definition) is 2. The van der Waals surface area contributed by atoms with Gasteiger partial charge in [-0.2, -0.15) is 129 Å². The average molecular weight is 1450 g/mol. The van der Waals surface area contributed by atoms with Crippen LogP contribution in [0.5, 0.6) is 0 Å². The van der Waals surface area contributed by atoms with Gasteiger partial charge in [0.1, 0.15) is 0 Å². The number of halogens is 27. The van der Waals surface area contributed by atoms with Gasteiger partial charge in [-0.15, -0.1) is 0 Å². The second-order valence-corrected chi connectivity index (χ2v) is 23.1. The molecule has 0 bridgehead atoms. The molecule has 0 unspecified atom stereocenters. The third-order valence-corrected chi connectivity index (χ3v) is 16.7. The summed E-state index contributed by atoms with van der Waals surface area (Å²) in [6, 6.07) is 19.4. The summed E-state index contributed by atoms with van der Waals surface area (Å²) in [6.07, 6.45) is -49.4. The van der Waals surface area contributed by atoms with Crippen molar-refractivity contribution in [1.82, 2.24) is 9.13 Å². The SMILES string of the molecule is N#Cc1cc(-n2c3ccc(-c4cc(C(F)(F)F)cc(C(F)(F)F)c4)cc3c3cc(-c4cc(C(F)(F)F)cc(C(F)(F)F)c4)ccc32)c(-c2c(C#N)cccc2C(F)(F)F)c(-n2c3ccc(-c4cc(C(F)(F)F)cc(C(F)(F)F)c4)cc3c3cc(-c4cc(C(F)(F)F)cc(C(F)(F)F)c4)ccc32)c1. The molecule has 4 nitrogen and oxygen atoms in total. The van der Waals surface area contributed by atoms with Crippen LogP contribution in [0.1, 0.15) is 61.2 Å². The Hall–Kier alpha value is -11.1. The molecule has 0 fully saturated rings. The van der Waals surface area contributed by atoms with Crippen molar-refractivity contribution in [2.45, 2.75) is 55.6 Å². The van der Waals surface area contributed by atoms with Crippen LogP contribution in [0, 0.1) is 22.7 Å². The minimum Gasteiger partial charge on any atom is -0.308 e. The summed E-state index contributed by atoms with van der Waals surface area (Å²) < 4.78 is 396. The lowest BCUT2D eigenvalue weighted by atomic mass is 9.90. The fourth-order valence-electron chi connectivity index (χ4n) is 12.2. The van der Waals surface area contributed by atoms with Crippen LogP contribution in [-0.4, -0.2) is 9.13 Å². The number of nitriles is 2. The van der Waals surface area contributed by atoms with Gasteiger partial charge in [-0.1, -0.05) is 30.3 Å². The summed E-state index contributed by atoms with van der Waals surface area (Å²) in [5.74, 6) is 0. The van der Waals surface area contributed by atoms with Gasteiger partial charge in [-0.25, -0.2) is 0 Å². The quantitative estimate of drug-likeness (QED) is 0.149. The molecule has 522 valence electrons. The zero-order chi connectivity index (χ0) is 74.5. The third kappa shape index (κ3) is 13.1. The molecule has 0 saturated heterocycles. The van der Waals surface area contributed by atoms with E-state index in [9.17, 15) is 116 Å². The topological polar surface area (TPSA) is 57.4 Å². The van der Waals surface area contributed by atoms with E-state index in [1.165, 1.54) is 0 Å². The molecule has 0 saturated carbocycles. The first kappa shape index (κ1) is 70.7. The van der Waals surface area contributed by atoms with Crippen LogP contribution >= 0.6 is 0 Å². The molecule has 102 heavy (non-hydrogen) atoms. The molecule has 0 aliphatic rings. The first-order valence-electron chi connectivity index (χ1n) is 28.7. The first-order valence-corrected chi connectivity index (χ1v) is 28.7. The number of rotatable bonds is 7. The Kier molecular flexibility index (Phi) is 16.5. The van der Waals surface area contributed by atoms with Crippen LogP contribution in [0.2, 0.25) is 0 Å². The summed E-state index contributed by atoms with van der Waals surface area (Å²) in [6.45, 7) is 0. The van der Waals surface area contributed by atoms with E-state index < -0.39 is 227 Å². The lowest BCUT2D eigenvalue weighted by Crippen LogP contribution is -2.12. The van der Waals surface area contributed by atoms with Crippen molar-refractivity contribution < 1.29 is 119 Å². The highest BCUT2D eigenvalue weighted by molar-refractivity contribution is 6.15. The molecule has 0 aliphatic heterocycles. The largest absolute Gasteiger partial charge is 0.417 e. The van der Waals surface area contributed by atoms with E-state index in [0.29, 0.717) is 6.07 Å². The number of hydrogen-bond donors (Lipinski definition) is 0. The summed E-state index contributed by atoms with van der Waals surface area (Å²) in [4.78, 5) is 0. The van der Waals surface area contributed by atoms with E-state index >= 15 is 13.2 Å². The van der Waals surface area contributed by atoms with Crippen LogP contribution in [-0.2, 0) is 55.6 Å². The molecule has 12 aromatic rings. The van der Waals surface area contributed by atoms with Crippen molar-refractivity contribution >= 4 is 43.6 Å². The Morgan fingerprint density at radius 1 is 0.235 bits per heavy atom. The molecule has 0 radical (unpaired) electrons. The average Bonchev–Trinajstić information content (AvgIpc) is 1.52. The van der Waals surface area contributed by atoms with E-state index in [1.807, 2.05) is 0 Å². The Morgan fingerprint density at radius 2 is 0.480 bits per heavy atom. The van der Waals surface area contributed by atoms with E-state index in [0.717, 1.165) is 106 Å². The minimum absolute atomic E-state index is 0.234. The smallest absolute Gasteiger partial charge is 0.308 e. The van der Waals surface area contributed by atoms with Crippen molar-refractivity contribution in [3.8, 4) is 79.1 Å². The first-order chi connectivity index (χ1) is 47.1. The lowest BCUT2D eigenvalue weighted by molar-refractivity contribution is -0.144. The molecular weight excluding hydrogens is 1420 g/mol. The van der Waals surface area contributed by atoms with Crippen LogP contribution in [0.15, 0.2) is 176 Å². The van der Waals surface area contributed by atoms with Crippen molar-refractivity contribution in [3.63, 3.8) is 0 Å². The fraction of sp³-hybridized carbons (Fsp3) is 0.127.